The zero-order valence-corrected chi connectivity index (χ0v) is 19.9. The van der Waals surface area contributed by atoms with Crippen LogP contribution in [0.1, 0.15) is 24.0 Å². The van der Waals surface area contributed by atoms with Crippen molar-refractivity contribution < 1.29 is 34.8 Å². The SMILES string of the molecule is CN(C)c1c(O)c2c(c(N(C)C)c1Cl)C[C@H]1C[C@H]3CC(=O)C(C(N)=O)=C(O)[C@@]3(O)C(=O)C1=C2O. The number of aliphatic hydroxyl groups excluding tert-OH is 2. The molecule has 3 aliphatic rings. The molecule has 0 unspecified atom stereocenters. The van der Waals surface area contributed by atoms with Crippen molar-refractivity contribution in [1.29, 1.82) is 0 Å². The van der Waals surface area contributed by atoms with Gasteiger partial charge in [0.15, 0.2) is 17.1 Å². The third kappa shape index (κ3) is 2.94. The lowest BCUT2D eigenvalue weighted by molar-refractivity contribution is -0.147. The van der Waals surface area contributed by atoms with Crippen LogP contribution in [0.15, 0.2) is 16.9 Å². The Kier molecular flexibility index (Phi) is 5.37. The number of fused-ring (bicyclic) bond motifs is 3. The molecule has 1 saturated carbocycles. The second kappa shape index (κ2) is 7.64. The van der Waals surface area contributed by atoms with Gasteiger partial charge in [-0.05, 0) is 24.3 Å². The number of hydrogen-bond acceptors (Lipinski definition) is 9. The lowest BCUT2D eigenvalue weighted by atomic mass is 9.59. The van der Waals surface area contributed by atoms with Crippen LogP contribution in [0, 0.1) is 11.8 Å². The molecule has 1 amide bonds. The van der Waals surface area contributed by atoms with Crippen LogP contribution in [0.5, 0.6) is 5.75 Å². The fourth-order valence-electron chi connectivity index (χ4n) is 5.57. The molecule has 3 aliphatic carbocycles. The van der Waals surface area contributed by atoms with Gasteiger partial charge in [-0.25, -0.2) is 0 Å². The standard InChI is InChI=1S/C23H26ClN3O7/c1-26(2)16-10-6-8-5-9-7-11(28)14(22(25)33)21(32)23(9,34)20(31)12(8)18(29)13(10)19(30)17(15(16)24)27(3)4/h8-9,29-30,32,34H,5-7H2,1-4H3,(H2,25,33)/t8-,9+,23+/m1/s1. The zero-order valence-electron chi connectivity index (χ0n) is 19.1. The number of hydrogen-bond donors (Lipinski definition) is 5. The second-order valence-electron chi connectivity index (χ2n) is 9.41. The summed E-state index contributed by atoms with van der Waals surface area (Å²) in [6, 6.07) is 0. The predicted molar refractivity (Wildman–Crippen MR) is 125 cm³/mol. The lowest BCUT2D eigenvalue weighted by Gasteiger charge is -2.46. The fourth-order valence-corrected chi connectivity index (χ4v) is 6.11. The Labute approximate surface area is 200 Å². The summed E-state index contributed by atoms with van der Waals surface area (Å²) in [5, 5.41) is 44.5. The van der Waals surface area contributed by atoms with Crippen molar-refractivity contribution in [2.24, 2.45) is 17.6 Å². The molecule has 0 aliphatic heterocycles. The van der Waals surface area contributed by atoms with Gasteiger partial charge < -0.3 is 36.0 Å². The van der Waals surface area contributed by atoms with E-state index in [0.717, 1.165) is 0 Å². The van der Waals surface area contributed by atoms with Gasteiger partial charge in [0.2, 0.25) is 5.78 Å². The minimum atomic E-state index is -2.59. The second-order valence-corrected chi connectivity index (χ2v) is 9.79. The van der Waals surface area contributed by atoms with Crippen LogP contribution in [0.4, 0.5) is 11.4 Å². The smallest absolute Gasteiger partial charge is 0.255 e. The number of carbonyl (C=O) groups excluding carboxylic acids is 3. The van der Waals surface area contributed by atoms with Crippen LogP contribution in [-0.4, -0.2) is 71.7 Å². The molecule has 10 nitrogen and oxygen atoms in total. The number of benzene rings is 1. The third-order valence-corrected chi connectivity index (χ3v) is 7.37. The Morgan fingerprint density at radius 2 is 1.65 bits per heavy atom. The topological polar surface area (TPSA) is 165 Å². The van der Waals surface area contributed by atoms with E-state index in [9.17, 15) is 34.8 Å². The first kappa shape index (κ1) is 23.9. The molecule has 1 fully saturated rings. The largest absolute Gasteiger partial charge is 0.508 e. The number of phenolic OH excluding ortho intramolecular Hbond substituents is 1. The fraction of sp³-hybridized carbons (Fsp3) is 0.435. The number of primary amides is 1. The van der Waals surface area contributed by atoms with Crippen LogP contribution in [0.3, 0.4) is 0 Å². The number of nitrogens with two attached hydrogens (primary N) is 1. The Morgan fingerprint density at radius 1 is 1.06 bits per heavy atom. The molecule has 6 N–H and O–H groups in total. The molecule has 0 radical (unpaired) electrons. The van der Waals surface area contributed by atoms with Gasteiger partial charge in [-0.2, -0.15) is 0 Å². The van der Waals surface area contributed by atoms with Gasteiger partial charge in [0.05, 0.1) is 16.3 Å². The minimum absolute atomic E-state index is 0.00364. The highest BCUT2D eigenvalue weighted by molar-refractivity contribution is 6.37. The van der Waals surface area contributed by atoms with Crippen molar-refractivity contribution in [1.82, 2.24) is 0 Å². The molecule has 34 heavy (non-hydrogen) atoms. The van der Waals surface area contributed by atoms with Crippen molar-refractivity contribution >= 4 is 46.2 Å². The maximum Gasteiger partial charge on any atom is 0.255 e. The average molecular weight is 492 g/mol. The lowest BCUT2D eigenvalue weighted by Crippen LogP contribution is -2.58. The minimum Gasteiger partial charge on any atom is -0.508 e. The summed E-state index contributed by atoms with van der Waals surface area (Å²) in [5.41, 5.74) is 2.91. The number of carbonyl (C=O) groups is 3. The van der Waals surface area contributed by atoms with E-state index in [-0.39, 0.29) is 46.9 Å². The first-order valence-corrected chi connectivity index (χ1v) is 11.0. The molecule has 0 aromatic heterocycles. The van der Waals surface area contributed by atoms with Crippen LogP contribution < -0.4 is 15.5 Å². The summed E-state index contributed by atoms with van der Waals surface area (Å²) >= 11 is 6.63. The number of nitrogens with zero attached hydrogens (tertiary/aromatic N) is 2. The highest BCUT2D eigenvalue weighted by Crippen LogP contribution is 2.56. The predicted octanol–water partition coefficient (Wildman–Crippen LogP) is 1.21. The molecule has 1 aromatic carbocycles. The van der Waals surface area contributed by atoms with E-state index < -0.39 is 52.0 Å². The van der Waals surface area contributed by atoms with Gasteiger partial charge in [-0.15, -0.1) is 0 Å². The molecule has 1 aromatic rings. The van der Waals surface area contributed by atoms with Crippen molar-refractivity contribution in [3.63, 3.8) is 0 Å². The molecule has 0 spiro atoms. The Morgan fingerprint density at radius 3 is 2.18 bits per heavy atom. The summed E-state index contributed by atoms with van der Waals surface area (Å²) in [6.07, 6.45) is -0.124. The van der Waals surface area contributed by atoms with Gasteiger partial charge in [-0.1, -0.05) is 11.6 Å². The number of aromatic hydroxyl groups is 1. The number of rotatable bonds is 3. The maximum atomic E-state index is 13.6. The zero-order chi connectivity index (χ0) is 25.4. The molecule has 0 saturated heterocycles. The van der Waals surface area contributed by atoms with Gasteiger partial charge in [0.25, 0.3) is 5.91 Å². The highest BCUT2D eigenvalue weighted by atomic mass is 35.5. The number of Topliss-reactive ketones (excluding diaryl/α,β-unsaturated/α-hetero) is 2. The van der Waals surface area contributed by atoms with E-state index in [1.54, 1.807) is 38.0 Å². The van der Waals surface area contributed by atoms with E-state index in [1.807, 2.05) is 0 Å². The van der Waals surface area contributed by atoms with Gasteiger partial charge in [-0.3, -0.25) is 14.4 Å². The average Bonchev–Trinajstić information content (AvgIpc) is 2.69. The first-order chi connectivity index (χ1) is 15.7. The number of amides is 1. The third-order valence-electron chi connectivity index (χ3n) is 7.02. The van der Waals surface area contributed by atoms with Gasteiger partial charge in [0, 0.05) is 46.1 Å². The molecular formula is C23H26ClN3O7. The summed E-state index contributed by atoms with van der Waals surface area (Å²) in [4.78, 5) is 41.1. The summed E-state index contributed by atoms with van der Waals surface area (Å²) in [5.74, 6) is -6.68. The molecule has 0 heterocycles. The highest BCUT2D eigenvalue weighted by Gasteiger charge is 2.60. The van der Waals surface area contributed by atoms with Crippen molar-refractivity contribution in [2.75, 3.05) is 38.0 Å². The van der Waals surface area contributed by atoms with Gasteiger partial charge in [0.1, 0.15) is 22.8 Å². The molecular weight excluding hydrogens is 466 g/mol. The van der Waals surface area contributed by atoms with E-state index in [1.165, 1.54) is 0 Å². The monoisotopic (exact) mass is 491 g/mol. The Hall–Kier alpha value is -3.24. The maximum absolute atomic E-state index is 13.6. The Balaban J connectivity index is 2.01. The number of aliphatic hydroxyl groups is 3. The summed E-state index contributed by atoms with van der Waals surface area (Å²) in [7, 11) is 6.84. The molecule has 0 bridgehead atoms. The molecule has 4 rings (SSSR count). The van der Waals surface area contributed by atoms with Gasteiger partial charge >= 0.3 is 0 Å². The van der Waals surface area contributed by atoms with Crippen LogP contribution in [-0.2, 0) is 20.8 Å². The van der Waals surface area contributed by atoms with Crippen molar-refractivity contribution in [3.05, 3.63) is 33.1 Å². The normalized spacial score (nSPS) is 26.2. The van der Waals surface area contributed by atoms with E-state index in [2.05, 4.69) is 0 Å². The quantitative estimate of drug-likeness (QED) is 0.391. The van der Waals surface area contributed by atoms with E-state index in [0.29, 0.717) is 11.3 Å². The summed E-state index contributed by atoms with van der Waals surface area (Å²) < 4.78 is 0. The number of phenols is 1. The number of anilines is 2. The van der Waals surface area contributed by atoms with Crippen LogP contribution >= 0.6 is 11.6 Å². The van der Waals surface area contributed by atoms with Crippen LogP contribution in [0.25, 0.3) is 5.76 Å². The summed E-state index contributed by atoms with van der Waals surface area (Å²) in [6.45, 7) is 0. The number of halogens is 1. The van der Waals surface area contributed by atoms with Crippen molar-refractivity contribution in [2.45, 2.75) is 24.9 Å². The Bertz CT molecular complexity index is 1230. The number of ketones is 2. The van der Waals surface area contributed by atoms with Crippen LogP contribution in [0.2, 0.25) is 5.02 Å². The van der Waals surface area contributed by atoms with E-state index in [4.69, 9.17) is 17.3 Å². The van der Waals surface area contributed by atoms with Crippen molar-refractivity contribution in [3.8, 4) is 5.75 Å². The first-order valence-electron chi connectivity index (χ1n) is 10.6. The molecule has 182 valence electrons. The molecule has 11 heteroatoms. The van der Waals surface area contributed by atoms with E-state index >= 15 is 0 Å². The molecule has 3 atom stereocenters.